The fourth-order valence-electron chi connectivity index (χ4n) is 1.93. The fourth-order valence-corrected chi connectivity index (χ4v) is 1.93. The molecule has 0 amide bonds. The average Bonchev–Trinajstić information content (AvgIpc) is 2.55. The molecule has 5 nitrogen and oxygen atoms in total. The molecule has 2 aromatic rings. The van der Waals surface area contributed by atoms with E-state index in [0.29, 0.717) is 16.8 Å². The highest BCUT2D eigenvalue weighted by Gasteiger charge is 2.16. The Morgan fingerprint density at radius 1 is 0.917 bits per heavy atom. The van der Waals surface area contributed by atoms with E-state index in [1.807, 2.05) is 6.92 Å². The monoisotopic (exact) mass is 340 g/mol. The molecule has 0 saturated carbocycles. The molecule has 2 rings (SSSR count). The van der Waals surface area contributed by atoms with Crippen molar-refractivity contribution in [3.05, 3.63) is 68.3 Å². The van der Waals surface area contributed by atoms with Crippen LogP contribution in [0.3, 0.4) is 0 Å². The van der Waals surface area contributed by atoms with Crippen LogP contribution in [-0.2, 0) is 0 Å². The molecule has 0 spiro atoms. The third-order valence-electron chi connectivity index (χ3n) is 3.42. The van der Waals surface area contributed by atoms with Crippen LogP contribution in [0.25, 0.3) is 0 Å². The van der Waals surface area contributed by atoms with Crippen molar-refractivity contribution < 1.29 is 18.8 Å². The van der Waals surface area contributed by atoms with Gasteiger partial charge in [-0.15, -0.1) is 0 Å². The maximum Gasteiger partial charge on any atom is 0.278 e. The zero-order valence-corrected chi connectivity index (χ0v) is 14.4. The maximum absolute atomic E-state index is 12.8. The highest BCUT2D eigenvalue weighted by atomic mass is 19.1. The Bertz CT molecular complexity index is 692. The number of nitrogen functional groups attached to an aromatic ring is 1. The van der Waals surface area contributed by atoms with Crippen molar-refractivity contribution >= 4 is 11.4 Å². The molecule has 0 aromatic heterocycles. The SMILES string of the molecule is CO.Cc1ccc(F)c(C)c1N.Cc1ccc(F)c(C)c1[N+](=O)[O-]. The Kier molecular flexibility index (Phi) is 8.55. The fraction of sp³-hybridized carbons (Fsp3) is 0.294. The molecular formula is C17H22F2N2O3. The van der Waals surface area contributed by atoms with Crippen LogP contribution in [0.4, 0.5) is 20.2 Å². The summed E-state index contributed by atoms with van der Waals surface area (Å²) in [6.45, 7) is 6.53. The van der Waals surface area contributed by atoms with Crippen molar-refractivity contribution in [2.24, 2.45) is 0 Å². The predicted molar refractivity (Wildman–Crippen MR) is 91.0 cm³/mol. The van der Waals surface area contributed by atoms with Crippen LogP contribution in [0.15, 0.2) is 24.3 Å². The zero-order valence-electron chi connectivity index (χ0n) is 14.4. The molecular weight excluding hydrogens is 318 g/mol. The summed E-state index contributed by atoms with van der Waals surface area (Å²) in [4.78, 5) is 9.87. The van der Waals surface area contributed by atoms with Gasteiger partial charge in [-0.1, -0.05) is 6.07 Å². The van der Waals surface area contributed by atoms with E-state index in [1.54, 1.807) is 19.9 Å². The first-order chi connectivity index (χ1) is 11.2. The first-order valence-corrected chi connectivity index (χ1v) is 7.02. The van der Waals surface area contributed by atoms with E-state index in [-0.39, 0.29) is 17.1 Å². The van der Waals surface area contributed by atoms with Gasteiger partial charge in [0.2, 0.25) is 0 Å². The predicted octanol–water partition coefficient (Wildman–Crippen LogP) is 3.98. The molecule has 0 aliphatic carbocycles. The van der Waals surface area contributed by atoms with Gasteiger partial charge in [-0.2, -0.15) is 0 Å². The topological polar surface area (TPSA) is 89.4 Å². The van der Waals surface area contributed by atoms with Crippen molar-refractivity contribution in [2.45, 2.75) is 27.7 Å². The van der Waals surface area contributed by atoms with E-state index in [9.17, 15) is 18.9 Å². The molecule has 7 heteroatoms. The third-order valence-corrected chi connectivity index (χ3v) is 3.42. The van der Waals surface area contributed by atoms with Crippen LogP contribution in [0.1, 0.15) is 22.3 Å². The number of aryl methyl sites for hydroxylation is 2. The van der Waals surface area contributed by atoms with Gasteiger partial charge in [-0.3, -0.25) is 10.1 Å². The summed E-state index contributed by atoms with van der Waals surface area (Å²) in [5.41, 5.74) is 8.02. The largest absolute Gasteiger partial charge is 0.400 e. The molecule has 3 N–H and O–H groups in total. The van der Waals surface area contributed by atoms with Crippen LogP contribution < -0.4 is 5.73 Å². The van der Waals surface area contributed by atoms with E-state index in [1.165, 1.54) is 25.1 Å². The summed E-state index contributed by atoms with van der Waals surface area (Å²) in [5.74, 6) is -0.768. The van der Waals surface area contributed by atoms with Crippen molar-refractivity contribution in [3.63, 3.8) is 0 Å². The lowest BCUT2D eigenvalue weighted by Crippen LogP contribution is -1.97. The standard InChI is InChI=1S/C8H8FNO2.C8H10FN.CH4O/c1-5-3-4-7(9)6(2)8(5)10(11)12;1-5-3-4-7(9)6(2)8(5)10;1-2/h3-4H,1-2H3;3-4H,10H2,1-2H3;2H,1H3. The second-order valence-corrected chi connectivity index (χ2v) is 5.00. The molecule has 0 unspecified atom stereocenters. The van der Waals surface area contributed by atoms with Gasteiger partial charge >= 0.3 is 0 Å². The summed E-state index contributed by atoms with van der Waals surface area (Å²) in [6.07, 6.45) is 0. The van der Waals surface area contributed by atoms with Crippen molar-refractivity contribution in [1.82, 2.24) is 0 Å². The van der Waals surface area contributed by atoms with Gasteiger partial charge in [0.25, 0.3) is 5.69 Å². The molecule has 132 valence electrons. The lowest BCUT2D eigenvalue weighted by atomic mass is 10.1. The van der Waals surface area contributed by atoms with Crippen LogP contribution in [0.2, 0.25) is 0 Å². The van der Waals surface area contributed by atoms with E-state index >= 15 is 0 Å². The molecule has 0 aliphatic rings. The quantitative estimate of drug-likeness (QED) is 0.467. The number of benzene rings is 2. The molecule has 0 aliphatic heterocycles. The summed E-state index contributed by atoms with van der Waals surface area (Å²) < 4.78 is 25.5. The first-order valence-electron chi connectivity index (χ1n) is 7.02. The van der Waals surface area contributed by atoms with E-state index in [4.69, 9.17) is 10.8 Å². The van der Waals surface area contributed by atoms with E-state index in [2.05, 4.69) is 0 Å². The van der Waals surface area contributed by atoms with Crippen molar-refractivity contribution in [2.75, 3.05) is 12.8 Å². The minimum Gasteiger partial charge on any atom is -0.400 e. The van der Waals surface area contributed by atoms with Gasteiger partial charge in [0.15, 0.2) is 0 Å². The average molecular weight is 340 g/mol. The number of nitro groups is 1. The Hall–Kier alpha value is -2.54. The molecule has 2 aromatic carbocycles. The molecule has 0 saturated heterocycles. The first kappa shape index (κ1) is 21.5. The molecule has 0 atom stereocenters. The minimum atomic E-state index is -0.562. The Morgan fingerprint density at radius 3 is 1.71 bits per heavy atom. The van der Waals surface area contributed by atoms with E-state index < -0.39 is 10.7 Å². The summed E-state index contributed by atoms with van der Waals surface area (Å²) >= 11 is 0. The number of aliphatic hydroxyl groups excluding tert-OH is 1. The number of hydrogen-bond acceptors (Lipinski definition) is 4. The highest BCUT2D eigenvalue weighted by Crippen LogP contribution is 2.24. The zero-order chi connectivity index (χ0) is 19.0. The number of nitrogens with two attached hydrogens (primary N) is 1. The summed E-state index contributed by atoms with van der Waals surface area (Å²) in [5, 5.41) is 17.4. The summed E-state index contributed by atoms with van der Waals surface area (Å²) in [7, 11) is 1.00. The Labute approximate surface area is 139 Å². The number of nitro benzene ring substituents is 1. The third kappa shape index (κ3) is 5.27. The normalized spacial score (nSPS) is 9.33. The van der Waals surface area contributed by atoms with Gasteiger partial charge in [-0.25, -0.2) is 8.78 Å². The van der Waals surface area contributed by atoms with E-state index in [0.717, 1.165) is 12.7 Å². The van der Waals surface area contributed by atoms with Gasteiger partial charge in [-0.05, 0) is 51.5 Å². The van der Waals surface area contributed by atoms with Crippen LogP contribution in [-0.4, -0.2) is 17.1 Å². The summed E-state index contributed by atoms with van der Waals surface area (Å²) in [6, 6.07) is 5.75. The van der Waals surface area contributed by atoms with Crippen molar-refractivity contribution in [1.29, 1.82) is 0 Å². The second-order valence-electron chi connectivity index (χ2n) is 5.00. The smallest absolute Gasteiger partial charge is 0.278 e. The van der Waals surface area contributed by atoms with Gasteiger partial charge in [0.05, 0.1) is 10.5 Å². The number of aliphatic hydroxyl groups is 1. The Balaban J connectivity index is 0.000000405. The van der Waals surface area contributed by atoms with Crippen molar-refractivity contribution in [3.8, 4) is 0 Å². The van der Waals surface area contributed by atoms with Gasteiger partial charge in [0, 0.05) is 23.9 Å². The number of rotatable bonds is 1. The van der Waals surface area contributed by atoms with Gasteiger partial charge < -0.3 is 10.8 Å². The maximum atomic E-state index is 12.8. The number of halogens is 2. The lowest BCUT2D eigenvalue weighted by Gasteiger charge is -2.03. The number of anilines is 1. The molecule has 24 heavy (non-hydrogen) atoms. The second kappa shape index (κ2) is 9.57. The molecule has 0 fully saturated rings. The molecule has 0 bridgehead atoms. The molecule has 0 heterocycles. The molecule has 0 radical (unpaired) electrons. The van der Waals surface area contributed by atoms with Gasteiger partial charge in [0.1, 0.15) is 11.6 Å². The number of hydrogen-bond donors (Lipinski definition) is 2. The van der Waals surface area contributed by atoms with Crippen LogP contribution >= 0.6 is 0 Å². The highest BCUT2D eigenvalue weighted by molar-refractivity contribution is 5.52. The number of nitrogens with zero attached hydrogens (tertiary/aromatic N) is 1. The Morgan fingerprint density at radius 2 is 1.33 bits per heavy atom. The minimum absolute atomic E-state index is 0.0972. The van der Waals surface area contributed by atoms with Crippen LogP contribution in [0, 0.1) is 49.4 Å². The lowest BCUT2D eigenvalue weighted by molar-refractivity contribution is -0.386. The van der Waals surface area contributed by atoms with Crippen LogP contribution in [0.5, 0.6) is 0 Å².